The molecule has 0 saturated heterocycles. The number of carbonyl (C=O) groups is 2. The molecule has 0 atom stereocenters. The van der Waals surface area contributed by atoms with Gasteiger partial charge in [0.1, 0.15) is 0 Å². The average Bonchev–Trinajstić information content (AvgIpc) is 3.43. The van der Waals surface area contributed by atoms with Gasteiger partial charge in [-0.05, 0) is 11.8 Å². The average molecular weight is 428 g/mol. The molecule has 0 spiro atoms. The van der Waals surface area contributed by atoms with Crippen LogP contribution in [-0.4, -0.2) is 11.6 Å². The van der Waals surface area contributed by atoms with Gasteiger partial charge in [0, 0.05) is 17.1 Å². The molecule has 0 aliphatic heterocycles. The summed E-state index contributed by atoms with van der Waals surface area (Å²) in [5, 5.41) is 0. The number of Topliss-reactive ketones (excluding diaryl/α,β-unsaturated/α-hetero) is 2. The maximum Gasteiger partial charge on any atom is 0.168 e. The van der Waals surface area contributed by atoms with Gasteiger partial charge in [0.05, 0.1) is 4.88 Å². The number of ketones is 2. The molecule has 0 aliphatic rings. The van der Waals surface area contributed by atoms with E-state index in [2.05, 4.69) is 24.3 Å². The van der Waals surface area contributed by atoms with Crippen LogP contribution in [0.2, 0.25) is 0 Å². The zero-order chi connectivity index (χ0) is 19.2. The van der Waals surface area contributed by atoms with E-state index in [0.29, 0.717) is 0 Å². The quantitative estimate of drug-likeness (QED) is 0.208. The van der Waals surface area contributed by atoms with Crippen molar-refractivity contribution in [1.29, 1.82) is 0 Å². The first-order chi connectivity index (χ1) is 13.1. The molecule has 28 heavy (non-hydrogen) atoms. The Morgan fingerprint density at radius 2 is 1.54 bits per heavy atom. The third-order valence-corrected chi connectivity index (χ3v) is 5.44. The van der Waals surface area contributed by atoms with Gasteiger partial charge < -0.3 is 34.6 Å². The van der Waals surface area contributed by atoms with E-state index in [4.69, 9.17) is 0 Å². The minimum atomic E-state index is 0. The summed E-state index contributed by atoms with van der Waals surface area (Å²) in [7, 11) is 0. The van der Waals surface area contributed by atoms with E-state index in [0.717, 1.165) is 21.6 Å². The zero-order valence-electron chi connectivity index (χ0n) is 15.7. The molecule has 1 aromatic heterocycles. The number of hydrogen-bond acceptors (Lipinski definition) is 3. The van der Waals surface area contributed by atoms with Crippen LogP contribution in [0, 0.1) is 0 Å². The fourth-order valence-electron chi connectivity index (χ4n) is 2.75. The molecule has 0 bridgehead atoms. The Hall–Kier alpha value is -2.52. The van der Waals surface area contributed by atoms with E-state index in [1.54, 1.807) is 25.2 Å². The van der Waals surface area contributed by atoms with E-state index in [-0.39, 0.29) is 28.6 Å². The molecular weight excluding hydrogens is 408 g/mol. The molecule has 2 nitrogen and oxygen atoms in total. The molecular formula is C24H20FeO2S-6. The summed E-state index contributed by atoms with van der Waals surface area (Å²) in [6.07, 6.45) is 0. The van der Waals surface area contributed by atoms with Gasteiger partial charge in [-0.25, -0.2) is 0 Å². The second kappa shape index (κ2) is 10.1. The Morgan fingerprint density at radius 3 is 2.04 bits per heavy atom. The van der Waals surface area contributed by atoms with E-state index < -0.39 is 0 Å². The summed E-state index contributed by atoms with van der Waals surface area (Å²) in [6, 6.07) is 27.8. The van der Waals surface area contributed by atoms with E-state index >= 15 is 0 Å². The molecule has 0 radical (unpaired) electrons. The van der Waals surface area contributed by atoms with Gasteiger partial charge in [-0.2, -0.15) is 23.5 Å². The van der Waals surface area contributed by atoms with E-state index in [1.165, 1.54) is 10.4 Å². The smallest absolute Gasteiger partial charge is 0.168 e. The van der Waals surface area contributed by atoms with Crippen molar-refractivity contribution in [2.24, 2.45) is 0 Å². The van der Waals surface area contributed by atoms with Gasteiger partial charge in [-0.1, -0.05) is 53.1 Å². The van der Waals surface area contributed by atoms with Crippen molar-refractivity contribution >= 4 is 22.9 Å². The van der Waals surface area contributed by atoms with E-state index in [9.17, 15) is 9.59 Å². The fourth-order valence-corrected chi connectivity index (χ4v) is 3.83. The summed E-state index contributed by atoms with van der Waals surface area (Å²) >= 11 is 1.57. The van der Waals surface area contributed by atoms with Crippen molar-refractivity contribution in [3.63, 3.8) is 0 Å². The van der Waals surface area contributed by atoms with Crippen LogP contribution in [-0.2, 0) is 17.1 Å². The first-order valence-electron chi connectivity index (χ1n) is 8.71. The number of rotatable bonds is 4. The first kappa shape index (κ1) is 21.8. The van der Waals surface area contributed by atoms with Crippen LogP contribution in [0.5, 0.6) is 0 Å². The zero-order valence-corrected chi connectivity index (χ0v) is 17.6. The Balaban J connectivity index is 0.000000264. The molecule has 4 heteroatoms. The molecule has 148 valence electrons. The predicted octanol–water partition coefficient (Wildman–Crippen LogP) is 6.61. The van der Waals surface area contributed by atoms with Crippen LogP contribution in [0.1, 0.15) is 33.9 Å². The molecule has 0 unspecified atom stereocenters. The van der Waals surface area contributed by atoms with Gasteiger partial charge in [0.15, 0.2) is 5.78 Å². The maximum absolute atomic E-state index is 11.6. The van der Waals surface area contributed by atoms with Gasteiger partial charge in [-0.15, -0.1) is 19.1 Å². The largest absolute Gasteiger partial charge is 0.718 e. The Morgan fingerprint density at radius 1 is 0.929 bits per heavy atom. The molecule has 1 heterocycles. The van der Waals surface area contributed by atoms with Crippen LogP contribution in [0.25, 0.3) is 21.6 Å². The van der Waals surface area contributed by atoms with Crippen LogP contribution >= 0.6 is 11.3 Å². The standard InChI is InChI=1S/C17H13OS.C7H7O.Fe/c1-12(18)16-11-15(13-7-3-2-4-8-13)17(19-16)14-9-5-6-10-14;1-6(8)7-4-2-3-5-7;/h2-11H,1H3;2-5H,1H3;/q-1;-5;. The van der Waals surface area contributed by atoms with Crippen molar-refractivity contribution < 1.29 is 26.7 Å². The molecule has 0 N–H and O–H groups in total. The van der Waals surface area contributed by atoms with Crippen LogP contribution in [0.4, 0.5) is 0 Å². The molecule has 4 aromatic rings. The van der Waals surface area contributed by atoms with Crippen molar-refractivity contribution in [3.8, 4) is 21.6 Å². The second-order valence-electron chi connectivity index (χ2n) is 6.18. The van der Waals surface area contributed by atoms with Gasteiger partial charge >= 0.3 is 0 Å². The van der Waals surface area contributed by atoms with Crippen LogP contribution < -0.4 is 0 Å². The third kappa shape index (κ3) is 5.26. The Bertz CT molecular complexity index is 1010. The molecule has 0 saturated carbocycles. The molecule has 3 aromatic carbocycles. The number of benzene rings is 1. The first-order valence-corrected chi connectivity index (χ1v) is 9.53. The molecule has 0 aliphatic carbocycles. The normalized spacial score (nSPS) is 9.79. The van der Waals surface area contributed by atoms with Gasteiger partial charge in [-0.3, -0.25) is 10.6 Å². The summed E-state index contributed by atoms with van der Waals surface area (Å²) in [5.74, 6) is 0.259. The van der Waals surface area contributed by atoms with Crippen molar-refractivity contribution in [2.75, 3.05) is 0 Å². The number of hydrogen-bond donors (Lipinski definition) is 0. The van der Waals surface area contributed by atoms with Crippen molar-refractivity contribution in [3.05, 3.63) is 95.4 Å². The number of carbonyl (C=O) groups excluding carboxylic acids is 2. The maximum atomic E-state index is 11.6. The molecule has 4 rings (SSSR count). The third-order valence-electron chi connectivity index (χ3n) is 4.16. The summed E-state index contributed by atoms with van der Waals surface area (Å²) < 4.78 is 0. The summed E-state index contributed by atoms with van der Waals surface area (Å²) in [6.45, 7) is 3.19. The van der Waals surface area contributed by atoms with Gasteiger partial charge in [0.2, 0.25) is 0 Å². The SMILES string of the molecule is CC(=O)[c-]1[cH-][cH-][cH-][cH-]1.CC(=O)c1cc(-c2ccccc2)c(-[c-]2cccc2)s1.[Fe]. The van der Waals surface area contributed by atoms with Gasteiger partial charge in [0.25, 0.3) is 0 Å². The second-order valence-corrected chi connectivity index (χ2v) is 7.23. The molecule has 0 amide bonds. The van der Waals surface area contributed by atoms with Crippen LogP contribution in [0.15, 0.2) is 84.9 Å². The fraction of sp³-hybridized carbons (Fsp3) is 0.0833. The molecule has 0 fully saturated rings. The minimum Gasteiger partial charge on any atom is -0.718 e. The Labute approximate surface area is 180 Å². The van der Waals surface area contributed by atoms with Crippen LogP contribution in [0.3, 0.4) is 0 Å². The number of thiophene rings is 1. The van der Waals surface area contributed by atoms with Crippen molar-refractivity contribution in [2.45, 2.75) is 13.8 Å². The predicted molar refractivity (Wildman–Crippen MR) is 113 cm³/mol. The Kier molecular flexibility index (Phi) is 7.89. The monoisotopic (exact) mass is 428 g/mol. The minimum absolute atomic E-state index is 0. The van der Waals surface area contributed by atoms with Crippen molar-refractivity contribution in [1.82, 2.24) is 0 Å². The summed E-state index contributed by atoms with van der Waals surface area (Å²) in [4.78, 5) is 24.1. The van der Waals surface area contributed by atoms with E-state index in [1.807, 2.05) is 60.7 Å². The topological polar surface area (TPSA) is 34.1 Å². The summed E-state index contributed by atoms with van der Waals surface area (Å²) in [5.41, 5.74) is 4.27.